The minimum Gasteiger partial charge on any atom is -0.261 e. The molecule has 0 bridgehead atoms. The number of rotatable bonds is 3. The second-order valence-electron chi connectivity index (χ2n) is 6.17. The zero-order valence-corrected chi connectivity index (χ0v) is 14.6. The van der Waals surface area contributed by atoms with E-state index < -0.39 is 0 Å². The third-order valence-corrected chi connectivity index (χ3v) is 5.39. The van der Waals surface area contributed by atoms with Gasteiger partial charge in [-0.15, -0.1) is 11.3 Å². The predicted octanol–water partition coefficient (Wildman–Crippen LogP) is 5.40. The summed E-state index contributed by atoms with van der Waals surface area (Å²) >= 11 is 1.70. The molecule has 0 spiro atoms. The van der Waals surface area contributed by atoms with Crippen LogP contribution in [0, 0.1) is 6.92 Å². The summed E-state index contributed by atoms with van der Waals surface area (Å²) < 4.78 is 0. The monoisotopic (exact) mass is 336 g/mol. The molecule has 122 valence electrons. The molecule has 2 heterocycles. The molecule has 2 aromatic heterocycles. The van der Waals surface area contributed by atoms with Gasteiger partial charge in [-0.2, -0.15) is 5.10 Å². The lowest BCUT2D eigenvalue weighted by atomic mass is 9.99. The summed E-state index contributed by atoms with van der Waals surface area (Å²) in [5.74, 6) is 1.59. The Morgan fingerprint density at radius 1 is 1.04 bits per heavy atom. The van der Waals surface area contributed by atoms with Crippen molar-refractivity contribution >= 4 is 33.1 Å². The highest BCUT2D eigenvalue weighted by atomic mass is 32.1. The maximum absolute atomic E-state index is 4.61. The Balaban J connectivity index is 1.71. The number of benzene rings is 1. The summed E-state index contributed by atoms with van der Waals surface area (Å²) in [7, 11) is 0. The topological polar surface area (TPSA) is 50.2 Å². The van der Waals surface area contributed by atoms with Gasteiger partial charge in [-0.1, -0.05) is 36.8 Å². The summed E-state index contributed by atoms with van der Waals surface area (Å²) in [6, 6.07) is 12.6. The number of thiophene rings is 1. The van der Waals surface area contributed by atoms with Crippen LogP contribution in [0.25, 0.3) is 20.7 Å². The van der Waals surface area contributed by atoms with Crippen molar-refractivity contribution in [3.63, 3.8) is 0 Å². The summed E-state index contributed by atoms with van der Waals surface area (Å²) in [6.45, 7) is 1.93. The normalized spacial score (nSPS) is 14.8. The number of aromatic nitrogens is 2. The first kappa shape index (κ1) is 15.3. The van der Waals surface area contributed by atoms with Gasteiger partial charge in [0.2, 0.25) is 0 Å². The maximum Gasteiger partial charge on any atom is 0.158 e. The molecular formula is C19H20N4S. The highest BCUT2D eigenvalue weighted by molar-refractivity contribution is 7.21. The van der Waals surface area contributed by atoms with Crippen LogP contribution in [0.5, 0.6) is 0 Å². The van der Waals surface area contributed by atoms with Gasteiger partial charge >= 0.3 is 0 Å². The average molecular weight is 336 g/mol. The first-order valence-corrected chi connectivity index (χ1v) is 9.26. The number of anilines is 1. The molecule has 0 atom stereocenters. The van der Waals surface area contributed by atoms with Crippen molar-refractivity contribution in [3.8, 4) is 10.4 Å². The van der Waals surface area contributed by atoms with E-state index >= 15 is 0 Å². The first-order valence-electron chi connectivity index (χ1n) is 8.45. The number of hydrazone groups is 1. The maximum atomic E-state index is 4.61. The van der Waals surface area contributed by atoms with Crippen LogP contribution in [-0.4, -0.2) is 15.7 Å². The molecule has 3 aromatic rings. The van der Waals surface area contributed by atoms with Gasteiger partial charge in [0.05, 0.1) is 5.39 Å². The van der Waals surface area contributed by atoms with Crippen molar-refractivity contribution in [1.29, 1.82) is 0 Å². The van der Waals surface area contributed by atoms with Crippen LogP contribution in [0.4, 0.5) is 5.82 Å². The number of hydrogen-bond donors (Lipinski definition) is 1. The van der Waals surface area contributed by atoms with Crippen LogP contribution >= 0.6 is 11.3 Å². The summed E-state index contributed by atoms with van der Waals surface area (Å²) in [5, 5.41) is 5.65. The van der Waals surface area contributed by atoms with Gasteiger partial charge < -0.3 is 0 Å². The van der Waals surface area contributed by atoms with E-state index in [4.69, 9.17) is 0 Å². The fourth-order valence-electron chi connectivity index (χ4n) is 3.06. The van der Waals surface area contributed by atoms with E-state index in [1.807, 2.05) is 13.0 Å². The van der Waals surface area contributed by atoms with E-state index in [0.29, 0.717) is 0 Å². The Morgan fingerprint density at radius 2 is 1.83 bits per heavy atom. The molecular weight excluding hydrogens is 316 g/mol. The predicted molar refractivity (Wildman–Crippen MR) is 102 cm³/mol. The zero-order chi connectivity index (χ0) is 16.4. The Bertz CT molecular complexity index is 875. The van der Waals surface area contributed by atoms with Crippen molar-refractivity contribution in [2.24, 2.45) is 5.10 Å². The van der Waals surface area contributed by atoms with Crippen LogP contribution in [0.1, 0.15) is 37.9 Å². The van der Waals surface area contributed by atoms with Crippen LogP contribution in [0.3, 0.4) is 0 Å². The smallest absolute Gasteiger partial charge is 0.158 e. The molecule has 4 rings (SSSR count). The molecule has 0 radical (unpaired) electrons. The van der Waals surface area contributed by atoms with Crippen LogP contribution < -0.4 is 5.43 Å². The highest BCUT2D eigenvalue weighted by Crippen LogP contribution is 2.35. The standard InChI is InChI=1S/C19H20N4S/c1-13-20-18(23-22-15-10-6-3-7-11-15)16-12-17(24-19(16)21-13)14-8-4-2-5-9-14/h2,4-5,8-9,12H,3,6-7,10-11H2,1H3,(H,20,21,23). The first-order chi connectivity index (χ1) is 11.8. The largest absolute Gasteiger partial charge is 0.261 e. The Labute approximate surface area is 145 Å². The SMILES string of the molecule is Cc1nc(NN=C2CCCCC2)c2cc(-c3ccccc3)sc2n1. The lowest BCUT2D eigenvalue weighted by molar-refractivity contribution is 0.665. The highest BCUT2D eigenvalue weighted by Gasteiger charge is 2.12. The van der Waals surface area contributed by atoms with Crippen molar-refractivity contribution in [3.05, 3.63) is 42.2 Å². The number of hydrogen-bond acceptors (Lipinski definition) is 5. The minimum atomic E-state index is 0.773. The molecule has 5 heteroatoms. The van der Waals surface area contributed by atoms with Crippen LogP contribution in [-0.2, 0) is 0 Å². The van der Waals surface area contributed by atoms with E-state index in [9.17, 15) is 0 Å². The second-order valence-corrected chi connectivity index (χ2v) is 7.20. The van der Waals surface area contributed by atoms with E-state index in [-0.39, 0.29) is 0 Å². The molecule has 0 amide bonds. The summed E-state index contributed by atoms with van der Waals surface area (Å²) in [4.78, 5) is 11.4. The molecule has 1 fully saturated rings. The van der Waals surface area contributed by atoms with Gasteiger partial charge in [-0.25, -0.2) is 9.97 Å². The van der Waals surface area contributed by atoms with Gasteiger partial charge in [-0.05, 0) is 44.2 Å². The van der Waals surface area contributed by atoms with E-state index in [1.165, 1.54) is 35.4 Å². The van der Waals surface area contributed by atoms with E-state index in [1.54, 1.807) is 11.3 Å². The summed E-state index contributed by atoms with van der Waals surface area (Å²) in [6.07, 6.45) is 6.00. The molecule has 4 nitrogen and oxygen atoms in total. The van der Waals surface area contributed by atoms with Gasteiger partial charge in [0.25, 0.3) is 0 Å². The van der Waals surface area contributed by atoms with Crippen molar-refractivity contribution in [2.45, 2.75) is 39.0 Å². The quantitative estimate of drug-likeness (QED) is 0.652. The molecule has 0 unspecified atom stereocenters. The van der Waals surface area contributed by atoms with Crippen LogP contribution in [0.2, 0.25) is 0 Å². The molecule has 1 aliphatic rings. The second kappa shape index (κ2) is 6.69. The van der Waals surface area contributed by atoms with Crippen LogP contribution in [0.15, 0.2) is 41.5 Å². The molecule has 1 aliphatic carbocycles. The third-order valence-electron chi connectivity index (χ3n) is 4.31. The Hall–Kier alpha value is -2.27. The van der Waals surface area contributed by atoms with E-state index in [2.05, 4.69) is 50.8 Å². The fraction of sp³-hybridized carbons (Fsp3) is 0.316. The number of fused-ring (bicyclic) bond motifs is 1. The molecule has 1 aromatic carbocycles. The molecule has 0 aliphatic heterocycles. The Morgan fingerprint density at radius 3 is 2.62 bits per heavy atom. The Kier molecular flexibility index (Phi) is 4.26. The molecule has 1 N–H and O–H groups in total. The number of nitrogens with zero attached hydrogens (tertiary/aromatic N) is 3. The average Bonchev–Trinajstić information content (AvgIpc) is 3.05. The molecule has 1 saturated carbocycles. The third kappa shape index (κ3) is 3.17. The zero-order valence-electron chi connectivity index (χ0n) is 13.7. The van der Waals surface area contributed by atoms with Crippen molar-refractivity contribution < 1.29 is 0 Å². The lowest BCUT2D eigenvalue weighted by Crippen LogP contribution is -2.08. The fourth-order valence-corrected chi connectivity index (χ4v) is 4.14. The number of aryl methyl sites for hydroxylation is 1. The van der Waals surface area contributed by atoms with E-state index in [0.717, 1.165) is 34.7 Å². The van der Waals surface area contributed by atoms with Gasteiger partial charge in [0, 0.05) is 10.6 Å². The lowest BCUT2D eigenvalue weighted by Gasteiger charge is -2.12. The summed E-state index contributed by atoms with van der Waals surface area (Å²) in [5.41, 5.74) is 5.67. The molecule has 24 heavy (non-hydrogen) atoms. The van der Waals surface area contributed by atoms with Crippen molar-refractivity contribution in [2.75, 3.05) is 5.43 Å². The minimum absolute atomic E-state index is 0.773. The van der Waals surface area contributed by atoms with Gasteiger partial charge in [0.15, 0.2) is 5.82 Å². The molecule has 0 saturated heterocycles. The van der Waals surface area contributed by atoms with Crippen molar-refractivity contribution in [1.82, 2.24) is 9.97 Å². The van der Waals surface area contributed by atoms with Gasteiger partial charge in [-0.3, -0.25) is 5.43 Å². The van der Waals surface area contributed by atoms with Gasteiger partial charge in [0.1, 0.15) is 10.7 Å². The number of nitrogens with one attached hydrogen (secondary N) is 1.